The van der Waals surface area contributed by atoms with Crippen LogP contribution in [0, 0.1) is 5.82 Å². The molecule has 2 nitrogen and oxygen atoms in total. The van der Waals surface area contributed by atoms with Crippen LogP contribution >= 0.6 is 27.7 Å². The quantitative estimate of drug-likeness (QED) is 0.808. The van der Waals surface area contributed by atoms with E-state index in [0.717, 1.165) is 24.5 Å². The van der Waals surface area contributed by atoms with Gasteiger partial charge in [-0.3, -0.25) is 0 Å². The van der Waals surface area contributed by atoms with Gasteiger partial charge in [-0.25, -0.2) is 4.39 Å². The highest BCUT2D eigenvalue weighted by Crippen LogP contribution is 2.32. The van der Waals surface area contributed by atoms with Crippen molar-refractivity contribution in [2.24, 2.45) is 0 Å². The molecule has 0 aliphatic carbocycles. The summed E-state index contributed by atoms with van der Waals surface area (Å²) in [6.45, 7) is 4.04. The van der Waals surface area contributed by atoms with Gasteiger partial charge >= 0.3 is 0 Å². The second-order valence-corrected chi connectivity index (χ2v) is 6.35. The number of thioether (sulfide) groups is 1. The fraction of sp³-hybridized carbons (Fsp3) is 0.455. The van der Waals surface area contributed by atoms with Gasteiger partial charge in [-0.15, -0.1) is 0 Å². The smallest absolute Gasteiger partial charge is 0.139 e. The number of hydrogen-bond donors (Lipinski definition) is 1. The third kappa shape index (κ3) is 2.46. The molecule has 0 saturated carbocycles. The van der Waals surface area contributed by atoms with Crippen molar-refractivity contribution >= 4 is 39.1 Å². The predicted octanol–water partition coefficient (Wildman–Crippen LogP) is 3.11. The maximum Gasteiger partial charge on any atom is 0.139 e. The molecule has 1 unspecified atom stereocenters. The van der Waals surface area contributed by atoms with Gasteiger partial charge in [0, 0.05) is 30.2 Å². The number of hydrogen-bond acceptors (Lipinski definition) is 3. The first-order chi connectivity index (χ1) is 7.58. The zero-order valence-corrected chi connectivity index (χ0v) is 11.4. The number of rotatable bonds is 1. The standard InChI is InChI=1S/C11H14BrFN2S/c1-7-6-15(2-3-16-7)11-5-9(13)8(12)4-10(11)14/h4-5,7H,2-3,6,14H2,1H3. The third-order valence-electron chi connectivity index (χ3n) is 2.65. The van der Waals surface area contributed by atoms with Crippen molar-refractivity contribution in [3.8, 4) is 0 Å². The fourth-order valence-electron chi connectivity index (χ4n) is 1.86. The molecule has 0 aromatic heterocycles. The Morgan fingerprint density at radius 1 is 1.56 bits per heavy atom. The zero-order chi connectivity index (χ0) is 11.7. The molecular weight excluding hydrogens is 291 g/mol. The first-order valence-electron chi connectivity index (χ1n) is 5.19. The molecule has 1 aromatic carbocycles. The molecule has 1 heterocycles. The molecule has 0 spiro atoms. The van der Waals surface area contributed by atoms with E-state index in [0.29, 0.717) is 15.4 Å². The van der Waals surface area contributed by atoms with Gasteiger partial charge in [-0.05, 0) is 22.0 Å². The van der Waals surface area contributed by atoms with Gasteiger partial charge < -0.3 is 10.6 Å². The van der Waals surface area contributed by atoms with E-state index < -0.39 is 0 Å². The molecule has 1 aromatic rings. The minimum atomic E-state index is -0.255. The highest BCUT2D eigenvalue weighted by molar-refractivity contribution is 9.10. The second-order valence-electron chi connectivity index (χ2n) is 3.95. The second kappa shape index (κ2) is 4.84. The number of anilines is 2. The molecule has 88 valence electrons. The lowest BCUT2D eigenvalue weighted by molar-refractivity contribution is 0.620. The number of nitrogens with zero attached hydrogens (tertiary/aromatic N) is 1. The van der Waals surface area contributed by atoms with Gasteiger partial charge in [0.05, 0.1) is 15.8 Å². The SMILES string of the molecule is CC1CN(c2cc(F)c(Br)cc2N)CCS1. The van der Waals surface area contributed by atoms with Crippen LogP contribution in [0.25, 0.3) is 0 Å². The largest absolute Gasteiger partial charge is 0.397 e. The molecule has 1 fully saturated rings. The van der Waals surface area contributed by atoms with Crippen molar-refractivity contribution in [2.45, 2.75) is 12.2 Å². The van der Waals surface area contributed by atoms with Crippen molar-refractivity contribution < 1.29 is 4.39 Å². The Morgan fingerprint density at radius 3 is 3.00 bits per heavy atom. The van der Waals surface area contributed by atoms with Gasteiger partial charge in [0.15, 0.2) is 0 Å². The lowest BCUT2D eigenvalue weighted by Gasteiger charge is -2.33. The summed E-state index contributed by atoms with van der Waals surface area (Å²) in [6.07, 6.45) is 0. The van der Waals surface area contributed by atoms with E-state index in [9.17, 15) is 4.39 Å². The topological polar surface area (TPSA) is 29.3 Å². The summed E-state index contributed by atoms with van der Waals surface area (Å²) in [7, 11) is 0. The minimum absolute atomic E-state index is 0.255. The van der Waals surface area contributed by atoms with Gasteiger partial charge in [0.25, 0.3) is 0 Å². The fourth-order valence-corrected chi connectivity index (χ4v) is 3.24. The van der Waals surface area contributed by atoms with Crippen LogP contribution in [0.1, 0.15) is 6.92 Å². The van der Waals surface area contributed by atoms with E-state index in [2.05, 4.69) is 27.8 Å². The maximum atomic E-state index is 13.5. The molecule has 0 radical (unpaired) electrons. The number of halogens is 2. The molecule has 1 saturated heterocycles. The molecule has 5 heteroatoms. The minimum Gasteiger partial charge on any atom is -0.397 e. The van der Waals surface area contributed by atoms with Crippen LogP contribution < -0.4 is 10.6 Å². The van der Waals surface area contributed by atoms with Crippen LogP contribution in [0.3, 0.4) is 0 Å². The highest BCUT2D eigenvalue weighted by Gasteiger charge is 2.19. The molecule has 2 rings (SSSR count). The average molecular weight is 305 g/mol. The van der Waals surface area contributed by atoms with E-state index in [-0.39, 0.29) is 5.82 Å². The van der Waals surface area contributed by atoms with Crippen LogP contribution in [0.15, 0.2) is 16.6 Å². The van der Waals surface area contributed by atoms with Gasteiger partial charge in [0.2, 0.25) is 0 Å². The lowest BCUT2D eigenvalue weighted by Crippen LogP contribution is -2.37. The first kappa shape index (κ1) is 12.0. The summed E-state index contributed by atoms with van der Waals surface area (Å²) in [5, 5.41) is 0.569. The Labute approximate surface area is 108 Å². The third-order valence-corrected chi connectivity index (χ3v) is 4.40. The van der Waals surface area contributed by atoms with E-state index in [1.165, 1.54) is 6.07 Å². The molecule has 0 amide bonds. The molecule has 1 aliphatic heterocycles. The van der Waals surface area contributed by atoms with E-state index in [1.54, 1.807) is 6.07 Å². The van der Waals surface area contributed by atoms with Crippen LogP contribution in [-0.2, 0) is 0 Å². The van der Waals surface area contributed by atoms with Gasteiger partial charge in [-0.1, -0.05) is 6.92 Å². The van der Waals surface area contributed by atoms with Crippen LogP contribution in [0.5, 0.6) is 0 Å². The van der Waals surface area contributed by atoms with E-state index in [1.807, 2.05) is 11.8 Å². The molecule has 1 aliphatic rings. The average Bonchev–Trinajstić information content (AvgIpc) is 2.23. The van der Waals surface area contributed by atoms with Crippen molar-refractivity contribution in [3.63, 3.8) is 0 Å². The Morgan fingerprint density at radius 2 is 2.31 bits per heavy atom. The summed E-state index contributed by atoms with van der Waals surface area (Å²) >= 11 is 5.08. The van der Waals surface area contributed by atoms with Crippen LogP contribution in [-0.4, -0.2) is 24.1 Å². The van der Waals surface area contributed by atoms with Crippen molar-refractivity contribution in [3.05, 3.63) is 22.4 Å². The highest BCUT2D eigenvalue weighted by atomic mass is 79.9. The summed E-state index contributed by atoms with van der Waals surface area (Å²) in [6, 6.07) is 3.15. The Bertz CT molecular complexity index is 400. The predicted molar refractivity (Wildman–Crippen MR) is 72.6 cm³/mol. The van der Waals surface area contributed by atoms with Gasteiger partial charge in [-0.2, -0.15) is 11.8 Å². The Hall–Kier alpha value is -0.420. The monoisotopic (exact) mass is 304 g/mol. The molecular formula is C11H14BrFN2S. The van der Waals surface area contributed by atoms with Crippen LogP contribution in [0.4, 0.5) is 15.8 Å². The maximum absolute atomic E-state index is 13.5. The lowest BCUT2D eigenvalue weighted by atomic mass is 10.2. The number of nitrogens with two attached hydrogens (primary N) is 1. The molecule has 1 atom stereocenters. The molecule has 2 N–H and O–H groups in total. The van der Waals surface area contributed by atoms with Crippen molar-refractivity contribution in [2.75, 3.05) is 29.5 Å². The van der Waals surface area contributed by atoms with Crippen molar-refractivity contribution in [1.29, 1.82) is 0 Å². The van der Waals surface area contributed by atoms with Crippen LogP contribution in [0.2, 0.25) is 0 Å². The molecule has 16 heavy (non-hydrogen) atoms. The Kier molecular flexibility index (Phi) is 3.64. The summed E-state index contributed by atoms with van der Waals surface area (Å²) in [5.41, 5.74) is 7.37. The Balaban J connectivity index is 2.29. The summed E-state index contributed by atoms with van der Waals surface area (Å²) in [4.78, 5) is 2.16. The van der Waals surface area contributed by atoms with E-state index in [4.69, 9.17) is 5.73 Å². The molecule has 0 bridgehead atoms. The number of nitrogen functional groups attached to an aromatic ring is 1. The summed E-state index contributed by atoms with van der Waals surface area (Å²) in [5.74, 6) is 0.813. The van der Waals surface area contributed by atoms with E-state index >= 15 is 0 Å². The normalized spacial score (nSPS) is 21.2. The zero-order valence-electron chi connectivity index (χ0n) is 9.04. The summed E-state index contributed by atoms with van der Waals surface area (Å²) < 4.78 is 13.9. The number of benzene rings is 1. The van der Waals surface area contributed by atoms with Crippen molar-refractivity contribution in [1.82, 2.24) is 0 Å². The van der Waals surface area contributed by atoms with Gasteiger partial charge in [0.1, 0.15) is 5.82 Å². The first-order valence-corrected chi connectivity index (χ1v) is 7.03.